The van der Waals surface area contributed by atoms with Crippen LogP contribution < -0.4 is 0 Å². The first-order valence-electron chi connectivity index (χ1n) is 10.6. The SMILES string of the molecule is Cc1cccc(-c2nc(-c3ccccc3)c(-c3ccccc3)n2Cc2ccccc2)c1. The number of aryl methyl sites for hydroxylation is 1. The van der Waals surface area contributed by atoms with Gasteiger partial charge in [0.15, 0.2) is 0 Å². The summed E-state index contributed by atoms with van der Waals surface area (Å²) >= 11 is 0. The zero-order valence-electron chi connectivity index (χ0n) is 17.6. The molecule has 0 unspecified atom stereocenters. The molecular weight excluding hydrogens is 376 g/mol. The quantitative estimate of drug-likeness (QED) is 0.304. The number of hydrogen-bond donors (Lipinski definition) is 0. The Morgan fingerprint density at radius 2 is 1.19 bits per heavy atom. The van der Waals surface area contributed by atoms with E-state index in [1.54, 1.807) is 0 Å². The molecule has 1 heterocycles. The number of nitrogens with zero attached hydrogens (tertiary/aromatic N) is 2. The molecule has 0 saturated heterocycles. The van der Waals surface area contributed by atoms with Crippen LogP contribution in [0.1, 0.15) is 11.1 Å². The molecule has 0 aliphatic rings. The third kappa shape index (κ3) is 3.93. The fourth-order valence-electron chi connectivity index (χ4n) is 4.06. The minimum atomic E-state index is 0.758. The van der Waals surface area contributed by atoms with Crippen LogP contribution in [0.15, 0.2) is 115 Å². The summed E-state index contributed by atoms with van der Waals surface area (Å²) in [6, 6.07) is 40.3. The molecule has 4 aromatic carbocycles. The Kier molecular flexibility index (Phi) is 5.20. The molecule has 2 heteroatoms. The summed E-state index contributed by atoms with van der Waals surface area (Å²) in [6.45, 7) is 2.89. The molecule has 150 valence electrons. The van der Waals surface area contributed by atoms with E-state index in [2.05, 4.69) is 121 Å². The third-order valence-electron chi connectivity index (χ3n) is 5.52. The van der Waals surface area contributed by atoms with Crippen LogP contribution in [0, 0.1) is 6.92 Å². The van der Waals surface area contributed by atoms with Gasteiger partial charge >= 0.3 is 0 Å². The summed E-state index contributed by atoms with van der Waals surface area (Å²) in [5, 5.41) is 0. The van der Waals surface area contributed by atoms with Gasteiger partial charge in [-0.2, -0.15) is 0 Å². The number of aromatic nitrogens is 2. The first kappa shape index (κ1) is 19.1. The van der Waals surface area contributed by atoms with Gasteiger partial charge in [-0.1, -0.05) is 115 Å². The molecule has 0 atom stereocenters. The maximum atomic E-state index is 5.23. The van der Waals surface area contributed by atoms with Crippen LogP contribution in [0.5, 0.6) is 0 Å². The van der Waals surface area contributed by atoms with Gasteiger partial charge in [-0.3, -0.25) is 0 Å². The van der Waals surface area contributed by atoms with E-state index >= 15 is 0 Å². The van der Waals surface area contributed by atoms with Crippen molar-refractivity contribution in [3.63, 3.8) is 0 Å². The van der Waals surface area contributed by atoms with Gasteiger partial charge < -0.3 is 4.57 Å². The number of benzene rings is 4. The molecule has 5 aromatic rings. The molecule has 0 aliphatic carbocycles. The van der Waals surface area contributed by atoms with E-state index in [0.717, 1.165) is 34.9 Å². The fraction of sp³-hybridized carbons (Fsp3) is 0.0690. The van der Waals surface area contributed by atoms with Crippen molar-refractivity contribution in [2.45, 2.75) is 13.5 Å². The van der Waals surface area contributed by atoms with Gasteiger partial charge in [-0.25, -0.2) is 4.98 Å². The molecular formula is C29H24N2. The van der Waals surface area contributed by atoms with Crippen LogP contribution in [-0.4, -0.2) is 9.55 Å². The zero-order valence-corrected chi connectivity index (χ0v) is 17.6. The van der Waals surface area contributed by atoms with Crippen molar-refractivity contribution in [2.24, 2.45) is 0 Å². The lowest BCUT2D eigenvalue weighted by atomic mass is 10.0. The smallest absolute Gasteiger partial charge is 0.141 e. The average molecular weight is 401 g/mol. The van der Waals surface area contributed by atoms with E-state index in [0.29, 0.717) is 0 Å². The molecule has 1 aromatic heterocycles. The van der Waals surface area contributed by atoms with E-state index in [-0.39, 0.29) is 0 Å². The lowest BCUT2D eigenvalue weighted by molar-refractivity contribution is 0.814. The zero-order chi connectivity index (χ0) is 21.0. The first-order chi connectivity index (χ1) is 15.3. The Morgan fingerprint density at radius 3 is 1.84 bits per heavy atom. The highest BCUT2D eigenvalue weighted by atomic mass is 15.1. The molecule has 0 saturated carbocycles. The van der Waals surface area contributed by atoms with Crippen molar-refractivity contribution >= 4 is 0 Å². The van der Waals surface area contributed by atoms with Crippen LogP contribution in [-0.2, 0) is 6.54 Å². The van der Waals surface area contributed by atoms with E-state index in [1.807, 2.05) is 6.07 Å². The second kappa shape index (κ2) is 8.45. The highest BCUT2D eigenvalue weighted by Crippen LogP contribution is 2.36. The van der Waals surface area contributed by atoms with Crippen molar-refractivity contribution in [3.8, 4) is 33.9 Å². The summed E-state index contributed by atoms with van der Waals surface area (Å²) in [6.07, 6.45) is 0. The molecule has 0 fully saturated rings. The number of rotatable bonds is 5. The molecule has 31 heavy (non-hydrogen) atoms. The second-order valence-corrected chi connectivity index (χ2v) is 7.81. The highest BCUT2D eigenvalue weighted by molar-refractivity contribution is 5.82. The van der Waals surface area contributed by atoms with Crippen molar-refractivity contribution < 1.29 is 0 Å². The van der Waals surface area contributed by atoms with Gasteiger partial charge in [0.1, 0.15) is 5.82 Å². The molecule has 0 bridgehead atoms. The maximum absolute atomic E-state index is 5.23. The monoisotopic (exact) mass is 400 g/mol. The summed E-state index contributed by atoms with van der Waals surface area (Å²) in [5.41, 5.74) is 8.08. The number of hydrogen-bond acceptors (Lipinski definition) is 1. The van der Waals surface area contributed by atoms with Crippen LogP contribution in [0.2, 0.25) is 0 Å². The van der Waals surface area contributed by atoms with E-state index in [1.165, 1.54) is 16.7 Å². The van der Waals surface area contributed by atoms with Crippen LogP contribution >= 0.6 is 0 Å². The van der Waals surface area contributed by atoms with Gasteiger partial charge in [0.05, 0.1) is 11.4 Å². The van der Waals surface area contributed by atoms with Crippen molar-refractivity contribution in [3.05, 3.63) is 126 Å². The van der Waals surface area contributed by atoms with Crippen molar-refractivity contribution in [2.75, 3.05) is 0 Å². The summed E-state index contributed by atoms with van der Waals surface area (Å²) in [5.74, 6) is 0.991. The largest absolute Gasteiger partial charge is 0.319 e. The van der Waals surface area contributed by atoms with Gasteiger partial charge in [-0.05, 0) is 18.6 Å². The minimum absolute atomic E-state index is 0.758. The summed E-state index contributed by atoms with van der Waals surface area (Å²) < 4.78 is 2.36. The lowest BCUT2D eigenvalue weighted by Gasteiger charge is -2.14. The Balaban J connectivity index is 1.81. The van der Waals surface area contributed by atoms with E-state index in [4.69, 9.17) is 4.98 Å². The van der Waals surface area contributed by atoms with Gasteiger partial charge in [0.2, 0.25) is 0 Å². The maximum Gasteiger partial charge on any atom is 0.141 e. The van der Waals surface area contributed by atoms with Crippen LogP contribution in [0.25, 0.3) is 33.9 Å². The van der Waals surface area contributed by atoms with E-state index < -0.39 is 0 Å². The Morgan fingerprint density at radius 1 is 0.613 bits per heavy atom. The normalized spacial score (nSPS) is 10.9. The van der Waals surface area contributed by atoms with Crippen molar-refractivity contribution in [1.82, 2.24) is 9.55 Å². The average Bonchev–Trinajstić information content (AvgIpc) is 3.20. The molecule has 5 rings (SSSR count). The molecule has 0 radical (unpaired) electrons. The Bertz CT molecular complexity index is 1290. The lowest BCUT2D eigenvalue weighted by Crippen LogP contribution is -2.04. The molecule has 2 nitrogen and oxygen atoms in total. The summed E-state index contributed by atoms with van der Waals surface area (Å²) in [7, 11) is 0. The predicted molar refractivity (Wildman–Crippen MR) is 129 cm³/mol. The van der Waals surface area contributed by atoms with Crippen LogP contribution in [0.3, 0.4) is 0 Å². The predicted octanol–water partition coefficient (Wildman–Crippen LogP) is 7.24. The van der Waals surface area contributed by atoms with E-state index in [9.17, 15) is 0 Å². The molecule has 0 amide bonds. The second-order valence-electron chi connectivity index (χ2n) is 7.81. The Labute approximate surface area is 183 Å². The standard InChI is InChI=1S/C29H24N2/c1-22-12-11-19-26(20-22)29-30-27(24-15-7-3-8-16-24)28(25-17-9-4-10-18-25)31(29)21-23-13-5-2-6-14-23/h2-20H,21H2,1H3. The first-order valence-corrected chi connectivity index (χ1v) is 10.6. The van der Waals surface area contributed by atoms with Crippen LogP contribution in [0.4, 0.5) is 0 Å². The topological polar surface area (TPSA) is 17.8 Å². The highest BCUT2D eigenvalue weighted by Gasteiger charge is 2.21. The van der Waals surface area contributed by atoms with Gasteiger partial charge in [0, 0.05) is 23.2 Å². The number of imidazole rings is 1. The van der Waals surface area contributed by atoms with Gasteiger partial charge in [-0.15, -0.1) is 0 Å². The molecule has 0 aliphatic heterocycles. The molecule has 0 spiro atoms. The van der Waals surface area contributed by atoms with Gasteiger partial charge in [0.25, 0.3) is 0 Å². The molecule has 0 N–H and O–H groups in total. The third-order valence-corrected chi connectivity index (χ3v) is 5.52. The summed E-state index contributed by atoms with van der Waals surface area (Å²) in [4.78, 5) is 5.23. The fourth-order valence-corrected chi connectivity index (χ4v) is 4.06. The van der Waals surface area contributed by atoms with Crippen molar-refractivity contribution in [1.29, 1.82) is 0 Å². The minimum Gasteiger partial charge on any atom is -0.319 e. The Hall–Kier alpha value is -3.91.